The molecule has 4 rings (SSSR count). The molecule has 0 aromatic carbocycles. The largest absolute Gasteiger partial charge is 0.460 e. The second-order valence-corrected chi connectivity index (χ2v) is 14.5. The summed E-state index contributed by atoms with van der Waals surface area (Å²) in [5.41, 5.74) is -0.729. The SMILES string of the molecule is C/C=C/C1CC(C)C2C3CC(C(=O)OC(C)(C)C)C(C3)C12.C/C=C/C1CC(C)CC1C(=O)OC(C)(C)C. The van der Waals surface area contributed by atoms with E-state index in [-0.39, 0.29) is 35.0 Å². The molecular formula is C33H54O4. The summed E-state index contributed by atoms with van der Waals surface area (Å²) in [6, 6.07) is 0. The van der Waals surface area contributed by atoms with Crippen LogP contribution in [0.5, 0.6) is 0 Å². The van der Waals surface area contributed by atoms with Crippen molar-refractivity contribution in [3.8, 4) is 0 Å². The first-order valence-electron chi connectivity index (χ1n) is 14.9. The van der Waals surface area contributed by atoms with E-state index in [2.05, 4.69) is 39.0 Å². The van der Waals surface area contributed by atoms with Crippen LogP contribution in [0.3, 0.4) is 0 Å². The van der Waals surface area contributed by atoms with E-state index in [4.69, 9.17) is 9.47 Å². The molecule has 4 fully saturated rings. The fraction of sp³-hybridized carbons (Fsp3) is 0.818. The van der Waals surface area contributed by atoms with Gasteiger partial charge in [0.25, 0.3) is 0 Å². The van der Waals surface area contributed by atoms with Crippen LogP contribution in [0, 0.1) is 59.2 Å². The Labute approximate surface area is 227 Å². The highest BCUT2D eigenvalue weighted by Crippen LogP contribution is 2.65. The molecule has 0 N–H and O–H groups in total. The van der Waals surface area contributed by atoms with Crippen LogP contribution in [0.1, 0.15) is 101 Å². The second kappa shape index (κ2) is 11.7. The van der Waals surface area contributed by atoms with Crippen molar-refractivity contribution in [2.75, 3.05) is 0 Å². The number of ether oxygens (including phenoxy) is 2. The molecule has 4 nitrogen and oxygen atoms in total. The lowest BCUT2D eigenvalue weighted by Crippen LogP contribution is -2.37. The van der Waals surface area contributed by atoms with Crippen LogP contribution in [-0.2, 0) is 19.1 Å². The molecule has 0 aromatic heterocycles. The monoisotopic (exact) mass is 514 g/mol. The Morgan fingerprint density at radius 2 is 1.22 bits per heavy atom. The quantitative estimate of drug-likeness (QED) is 0.282. The van der Waals surface area contributed by atoms with Gasteiger partial charge in [-0.1, -0.05) is 38.2 Å². The number of hydrogen-bond acceptors (Lipinski definition) is 4. The molecule has 4 aliphatic carbocycles. The molecule has 0 radical (unpaired) electrons. The summed E-state index contributed by atoms with van der Waals surface area (Å²) >= 11 is 0. The van der Waals surface area contributed by atoms with E-state index in [9.17, 15) is 9.59 Å². The molecule has 4 aliphatic rings. The normalized spacial score (nSPS) is 39.1. The summed E-state index contributed by atoms with van der Waals surface area (Å²) in [6.07, 6.45) is 14.5. The highest BCUT2D eigenvalue weighted by atomic mass is 16.6. The molecule has 0 amide bonds. The fourth-order valence-electron chi connectivity index (χ4n) is 8.19. The molecule has 0 aliphatic heterocycles. The highest BCUT2D eigenvalue weighted by molar-refractivity contribution is 5.74. The smallest absolute Gasteiger partial charge is 0.310 e. The zero-order chi connectivity index (χ0) is 27.7. The summed E-state index contributed by atoms with van der Waals surface area (Å²) in [7, 11) is 0. The van der Waals surface area contributed by atoms with Crippen molar-refractivity contribution in [1.82, 2.24) is 0 Å². The third kappa shape index (κ3) is 7.30. The van der Waals surface area contributed by atoms with Crippen LogP contribution >= 0.6 is 0 Å². The second-order valence-electron chi connectivity index (χ2n) is 14.5. The van der Waals surface area contributed by atoms with Gasteiger partial charge in [-0.05, 0) is 135 Å². The molecule has 37 heavy (non-hydrogen) atoms. The third-order valence-electron chi connectivity index (χ3n) is 9.07. The van der Waals surface area contributed by atoms with Gasteiger partial charge in [0.05, 0.1) is 11.8 Å². The Bertz CT molecular complexity index is 857. The van der Waals surface area contributed by atoms with Gasteiger partial charge in [-0.25, -0.2) is 0 Å². The van der Waals surface area contributed by atoms with Crippen LogP contribution in [0.4, 0.5) is 0 Å². The van der Waals surface area contributed by atoms with E-state index >= 15 is 0 Å². The van der Waals surface area contributed by atoms with Gasteiger partial charge >= 0.3 is 11.9 Å². The highest BCUT2D eigenvalue weighted by Gasteiger charge is 2.60. The van der Waals surface area contributed by atoms with Crippen molar-refractivity contribution in [2.45, 2.75) is 113 Å². The van der Waals surface area contributed by atoms with Crippen LogP contribution in [0.2, 0.25) is 0 Å². The molecule has 4 saturated carbocycles. The molecule has 210 valence electrons. The average molecular weight is 515 g/mol. The van der Waals surface area contributed by atoms with E-state index in [0.29, 0.717) is 23.7 Å². The number of carbonyl (C=O) groups excluding carboxylic acids is 2. The van der Waals surface area contributed by atoms with Gasteiger partial charge in [0, 0.05) is 0 Å². The minimum Gasteiger partial charge on any atom is -0.460 e. The van der Waals surface area contributed by atoms with Crippen LogP contribution in [-0.4, -0.2) is 23.1 Å². The Hall–Kier alpha value is -1.58. The van der Waals surface area contributed by atoms with E-state index in [1.54, 1.807) is 0 Å². The molecule has 2 bridgehead atoms. The summed E-state index contributed by atoms with van der Waals surface area (Å²) in [4.78, 5) is 24.6. The van der Waals surface area contributed by atoms with Gasteiger partial charge in [-0.15, -0.1) is 0 Å². The lowest BCUT2D eigenvalue weighted by atomic mass is 9.71. The number of esters is 2. The minimum atomic E-state index is -0.372. The van der Waals surface area contributed by atoms with Gasteiger partial charge in [0.1, 0.15) is 11.2 Å². The zero-order valence-corrected chi connectivity index (χ0v) is 25.3. The Balaban J connectivity index is 0.000000214. The standard InChI is InChI=1S/C19H30O2.C14H24O2/c1-6-7-12-8-11(2)16-13-9-14(17(12)16)15(10-13)18(20)21-19(3,4)5;1-6-7-11-8-10(2)9-12(11)13(15)16-14(3,4)5/h6-7,11-17H,8-10H2,1-5H3;6-7,10-12H,8-9H2,1-5H3/b2*7-6+. The molecule has 0 heterocycles. The van der Waals surface area contributed by atoms with Crippen molar-refractivity contribution in [3.05, 3.63) is 24.3 Å². The summed E-state index contributed by atoms with van der Waals surface area (Å²) in [5.74, 6) is 5.69. The van der Waals surface area contributed by atoms with Gasteiger partial charge in [0.15, 0.2) is 0 Å². The van der Waals surface area contributed by atoms with Crippen LogP contribution < -0.4 is 0 Å². The number of rotatable bonds is 4. The van der Waals surface area contributed by atoms with E-state index in [0.717, 1.165) is 42.9 Å². The summed E-state index contributed by atoms with van der Waals surface area (Å²) in [5, 5.41) is 0. The molecule has 10 atom stereocenters. The van der Waals surface area contributed by atoms with Gasteiger partial charge in [-0.2, -0.15) is 0 Å². The summed E-state index contributed by atoms with van der Waals surface area (Å²) < 4.78 is 11.2. The molecule has 4 heteroatoms. The average Bonchev–Trinajstić information content (AvgIpc) is 3.49. The van der Waals surface area contributed by atoms with E-state index in [1.807, 2.05) is 54.5 Å². The molecular weight excluding hydrogens is 460 g/mol. The first kappa shape index (κ1) is 30.0. The van der Waals surface area contributed by atoms with Crippen molar-refractivity contribution in [2.24, 2.45) is 59.2 Å². The van der Waals surface area contributed by atoms with Gasteiger partial charge in [-0.3, -0.25) is 9.59 Å². The Morgan fingerprint density at radius 1 is 0.676 bits per heavy atom. The molecule has 0 aromatic rings. The van der Waals surface area contributed by atoms with Crippen LogP contribution in [0.15, 0.2) is 24.3 Å². The predicted molar refractivity (Wildman–Crippen MR) is 151 cm³/mol. The number of fused-ring (bicyclic) bond motifs is 5. The van der Waals surface area contributed by atoms with Crippen molar-refractivity contribution < 1.29 is 19.1 Å². The third-order valence-corrected chi connectivity index (χ3v) is 9.07. The van der Waals surface area contributed by atoms with Crippen LogP contribution in [0.25, 0.3) is 0 Å². The maximum absolute atomic E-state index is 12.5. The maximum atomic E-state index is 12.5. The van der Waals surface area contributed by atoms with E-state index < -0.39 is 0 Å². The number of allylic oxidation sites excluding steroid dienone is 4. The van der Waals surface area contributed by atoms with Gasteiger partial charge < -0.3 is 9.47 Å². The van der Waals surface area contributed by atoms with Crippen molar-refractivity contribution in [1.29, 1.82) is 0 Å². The molecule has 0 spiro atoms. The fourth-order valence-corrected chi connectivity index (χ4v) is 8.19. The topological polar surface area (TPSA) is 52.6 Å². The lowest BCUT2D eigenvalue weighted by molar-refractivity contribution is -0.163. The van der Waals surface area contributed by atoms with E-state index in [1.165, 1.54) is 12.8 Å². The minimum absolute atomic E-state index is 0.0278. The zero-order valence-electron chi connectivity index (χ0n) is 25.3. The first-order valence-corrected chi connectivity index (χ1v) is 14.9. The van der Waals surface area contributed by atoms with Gasteiger partial charge in [0.2, 0.25) is 0 Å². The lowest BCUT2D eigenvalue weighted by Gasteiger charge is -2.35. The predicted octanol–water partition coefficient (Wildman–Crippen LogP) is 8.02. The molecule has 10 unspecified atom stereocenters. The number of carbonyl (C=O) groups is 2. The Kier molecular flexibility index (Phi) is 9.44. The van der Waals surface area contributed by atoms with Crippen molar-refractivity contribution >= 4 is 11.9 Å². The summed E-state index contributed by atoms with van der Waals surface area (Å²) in [6.45, 7) is 20.5. The first-order chi connectivity index (χ1) is 17.1. The Morgan fingerprint density at radius 3 is 1.76 bits per heavy atom. The number of hydrogen-bond donors (Lipinski definition) is 0. The van der Waals surface area contributed by atoms with Crippen molar-refractivity contribution in [3.63, 3.8) is 0 Å². The maximum Gasteiger partial charge on any atom is 0.310 e. The molecule has 0 saturated heterocycles.